The van der Waals surface area contributed by atoms with Gasteiger partial charge in [0.2, 0.25) is 0 Å². The molecule has 2 fully saturated rings. The molecule has 6 heteroatoms. The molecule has 1 N–H and O–H groups in total. The third-order valence-electron chi connectivity index (χ3n) is 8.37. The van der Waals surface area contributed by atoms with E-state index in [1.807, 2.05) is 32.1 Å². The fraction of sp³-hybridized carbons (Fsp3) is 0.515. The zero-order chi connectivity index (χ0) is 27.9. The molecule has 2 saturated heterocycles. The molecule has 39 heavy (non-hydrogen) atoms. The molecule has 0 aliphatic carbocycles. The third kappa shape index (κ3) is 7.36. The average Bonchev–Trinajstić information content (AvgIpc) is 3.53. The average molecular weight is 548 g/mol. The third-order valence-corrected chi connectivity index (χ3v) is 9.69. The Morgan fingerprint density at radius 2 is 1.77 bits per heavy atom. The van der Waals surface area contributed by atoms with Crippen LogP contribution in [0.3, 0.4) is 0 Å². The van der Waals surface area contributed by atoms with Crippen LogP contribution in [0.1, 0.15) is 77.7 Å². The normalized spacial score (nSPS) is 21.4. The van der Waals surface area contributed by atoms with Crippen LogP contribution in [0.15, 0.2) is 54.6 Å². The van der Waals surface area contributed by atoms with Crippen LogP contribution in [-0.4, -0.2) is 64.6 Å². The zero-order valence-corrected chi connectivity index (χ0v) is 25.1. The van der Waals surface area contributed by atoms with Gasteiger partial charge in [0, 0.05) is 36.9 Å². The van der Waals surface area contributed by atoms with E-state index in [9.17, 15) is 9.90 Å². The van der Waals surface area contributed by atoms with Gasteiger partial charge in [0.1, 0.15) is 6.04 Å². The molecular weight excluding hydrogens is 502 g/mol. The number of carbonyl (C=O) groups is 1. The van der Waals surface area contributed by atoms with Gasteiger partial charge in [-0.3, -0.25) is 9.69 Å². The second-order valence-electron chi connectivity index (χ2n) is 11.0. The molecule has 3 heterocycles. The van der Waals surface area contributed by atoms with Crippen molar-refractivity contribution in [1.29, 1.82) is 0 Å². The summed E-state index contributed by atoms with van der Waals surface area (Å²) in [7, 11) is 0. The Labute approximate surface area is 238 Å². The lowest BCUT2D eigenvalue weighted by Crippen LogP contribution is -2.40. The standard InChI is InChI=1S/C31H39N3O2S.C2H6/c1-21-8-7-11-26(16-21)28-20-34(23(3)31(35)36)19-27(28)18-33-14-12-25(13-15-33)30-22(2)32-29(37-30)17-24-9-5-4-6-10-24;1-2/h4-11,16,23,25,27-28H,12-15,17-20H2,1-3H3,(H,35,36);1-2H3/t23?,27-,28+;/m0./s1. The summed E-state index contributed by atoms with van der Waals surface area (Å²) in [5.41, 5.74) is 5.16. The number of aryl methyl sites for hydroxylation is 2. The fourth-order valence-electron chi connectivity index (χ4n) is 6.24. The lowest BCUT2D eigenvalue weighted by Gasteiger charge is -2.34. The first kappa shape index (κ1) is 29.4. The van der Waals surface area contributed by atoms with Gasteiger partial charge in [0.15, 0.2) is 0 Å². The summed E-state index contributed by atoms with van der Waals surface area (Å²) in [5.74, 6) is 0.695. The maximum Gasteiger partial charge on any atom is 0.320 e. The number of carboxylic acid groups (broad SMARTS) is 1. The first-order chi connectivity index (χ1) is 18.9. The van der Waals surface area contributed by atoms with Crippen LogP contribution in [-0.2, 0) is 11.2 Å². The number of rotatable bonds is 8. The zero-order valence-electron chi connectivity index (χ0n) is 24.3. The van der Waals surface area contributed by atoms with Gasteiger partial charge >= 0.3 is 5.97 Å². The summed E-state index contributed by atoms with van der Waals surface area (Å²) >= 11 is 1.91. The molecule has 210 valence electrons. The summed E-state index contributed by atoms with van der Waals surface area (Å²) in [6, 6.07) is 19.0. The summed E-state index contributed by atoms with van der Waals surface area (Å²) in [6.45, 7) is 15.1. The molecule has 2 aliphatic heterocycles. The van der Waals surface area contributed by atoms with E-state index in [4.69, 9.17) is 4.98 Å². The molecule has 0 bridgehead atoms. The van der Waals surface area contributed by atoms with Crippen LogP contribution in [0.4, 0.5) is 0 Å². The van der Waals surface area contributed by atoms with Gasteiger partial charge < -0.3 is 10.0 Å². The molecule has 2 aliphatic rings. The van der Waals surface area contributed by atoms with Crippen molar-refractivity contribution in [2.45, 2.75) is 71.8 Å². The van der Waals surface area contributed by atoms with Crippen LogP contribution >= 0.6 is 11.3 Å². The van der Waals surface area contributed by atoms with Crippen molar-refractivity contribution < 1.29 is 9.90 Å². The number of nitrogens with zero attached hydrogens (tertiary/aromatic N) is 3. The van der Waals surface area contributed by atoms with E-state index in [1.54, 1.807) is 0 Å². The summed E-state index contributed by atoms with van der Waals surface area (Å²) < 4.78 is 0. The minimum atomic E-state index is -0.726. The molecule has 3 aromatic rings. The van der Waals surface area contributed by atoms with Crippen molar-refractivity contribution in [2.24, 2.45) is 5.92 Å². The number of carboxylic acids is 1. The van der Waals surface area contributed by atoms with Gasteiger partial charge in [0.05, 0.1) is 10.7 Å². The number of aliphatic carboxylic acids is 1. The van der Waals surface area contributed by atoms with Crippen molar-refractivity contribution in [3.63, 3.8) is 0 Å². The monoisotopic (exact) mass is 547 g/mol. The number of likely N-dealkylation sites (tertiary alicyclic amines) is 2. The van der Waals surface area contributed by atoms with E-state index >= 15 is 0 Å². The largest absolute Gasteiger partial charge is 0.480 e. The fourth-order valence-corrected chi connectivity index (χ4v) is 7.51. The second-order valence-corrected chi connectivity index (χ2v) is 12.2. The van der Waals surface area contributed by atoms with Crippen LogP contribution in [0.5, 0.6) is 0 Å². The molecular formula is C33H45N3O2S. The smallest absolute Gasteiger partial charge is 0.320 e. The van der Waals surface area contributed by atoms with Crippen LogP contribution in [0, 0.1) is 19.8 Å². The number of thiazole rings is 1. The highest BCUT2D eigenvalue weighted by atomic mass is 32.1. The molecule has 0 radical (unpaired) electrons. The Morgan fingerprint density at radius 3 is 2.44 bits per heavy atom. The molecule has 1 aromatic heterocycles. The van der Waals surface area contributed by atoms with Gasteiger partial charge in [-0.15, -0.1) is 11.3 Å². The summed E-state index contributed by atoms with van der Waals surface area (Å²) in [5, 5.41) is 10.9. The first-order valence-corrected chi connectivity index (χ1v) is 15.4. The Hall–Kier alpha value is -2.54. The predicted octanol–water partition coefficient (Wildman–Crippen LogP) is 6.75. The first-order valence-electron chi connectivity index (χ1n) is 14.6. The van der Waals surface area contributed by atoms with E-state index in [0.29, 0.717) is 17.8 Å². The summed E-state index contributed by atoms with van der Waals surface area (Å²) in [6.07, 6.45) is 3.26. The van der Waals surface area contributed by atoms with Gasteiger partial charge in [-0.05, 0) is 69.7 Å². The maximum atomic E-state index is 11.7. The molecule has 3 atom stereocenters. The molecule has 5 rings (SSSR count). The van der Waals surface area contributed by atoms with E-state index < -0.39 is 12.0 Å². The highest BCUT2D eigenvalue weighted by Gasteiger charge is 2.39. The number of aromatic nitrogens is 1. The Kier molecular flexibility index (Phi) is 10.3. The van der Waals surface area contributed by atoms with E-state index in [2.05, 4.69) is 78.2 Å². The minimum Gasteiger partial charge on any atom is -0.480 e. The number of benzene rings is 2. The lowest BCUT2D eigenvalue weighted by molar-refractivity contribution is -0.142. The van der Waals surface area contributed by atoms with Crippen molar-refractivity contribution >= 4 is 17.3 Å². The van der Waals surface area contributed by atoms with E-state index in [1.165, 1.54) is 45.1 Å². The van der Waals surface area contributed by atoms with Crippen LogP contribution in [0.25, 0.3) is 0 Å². The van der Waals surface area contributed by atoms with Gasteiger partial charge in [-0.1, -0.05) is 74.0 Å². The van der Waals surface area contributed by atoms with Crippen LogP contribution < -0.4 is 0 Å². The Balaban J connectivity index is 0.00000172. The lowest BCUT2D eigenvalue weighted by atomic mass is 9.87. The van der Waals surface area contributed by atoms with Crippen molar-refractivity contribution in [1.82, 2.24) is 14.8 Å². The van der Waals surface area contributed by atoms with E-state index in [-0.39, 0.29) is 0 Å². The maximum absolute atomic E-state index is 11.7. The Bertz CT molecular complexity index is 1200. The number of hydrogen-bond acceptors (Lipinski definition) is 5. The quantitative estimate of drug-likeness (QED) is 0.338. The molecule has 2 aromatic carbocycles. The topological polar surface area (TPSA) is 56.7 Å². The molecule has 0 spiro atoms. The van der Waals surface area contributed by atoms with Crippen molar-refractivity contribution in [2.75, 3.05) is 32.7 Å². The number of piperidine rings is 1. The van der Waals surface area contributed by atoms with Crippen molar-refractivity contribution in [3.8, 4) is 0 Å². The van der Waals surface area contributed by atoms with Crippen LogP contribution in [0.2, 0.25) is 0 Å². The number of hydrogen-bond donors (Lipinski definition) is 1. The highest BCUT2D eigenvalue weighted by Crippen LogP contribution is 2.38. The van der Waals surface area contributed by atoms with Gasteiger partial charge in [0.25, 0.3) is 0 Å². The Morgan fingerprint density at radius 1 is 1.05 bits per heavy atom. The van der Waals surface area contributed by atoms with E-state index in [0.717, 1.165) is 39.1 Å². The molecule has 0 saturated carbocycles. The minimum absolute atomic E-state index is 0.378. The second kappa shape index (κ2) is 13.7. The SMILES string of the molecule is CC.Cc1cccc([C@H]2CN(C(C)C(=O)O)C[C@@H]2CN2CCC(c3sc(Cc4ccccc4)nc3C)CC2)c1. The predicted molar refractivity (Wildman–Crippen MR) is 162 cm³/mol. The van der Waals surface area contributed by atoms with Gasteiger partial charge in [-0.25, -0.2) is 4.98 Å². The summed E-state index contributed by atoms with van der Waals surface area (Å²) in [4.78, 5) is 22.9. The molecule has 0 amide bonds. The molecule has 5 nitrogen and oxygen atoms in total. The van der Waals surface area contributed by atoms with Crippen molar-refractivity contribution in [3.05, 3.63) is 86.9 Å². The van der Waals surface area contributed by atoms with Gasteiger partial charge in [-0.2, -0.15) is 0 Å². The highest BCUT2D eigenvalue weighted by molar-refractivity contribution is 7.11. The molecule has 1 unspecified atom stereocenters.